The summed E-state index contributed by atoms with van der Waals surface area (Å²) in [4.78, 5) is 10.5. The third-order valence-electron chi connectivity index (χ3n) is 1.18. The van der Waals surface area contributed by atoms with E-state index in [0.717, 1.165) is 6.08 Å². The maximum atomic E-state index is 10.5. The lowest BCUT2D eigenvalue weighted by Gasteiger charge is -2.17. The van der Waals surface area contributed by atoms with Gasteiger partial charge in [-0.05, 0) is 0 Å². The number of carbonyl (C=O) groups is 1. The minimum Gasteiger partial charge on any atom is -0.512 e. The summed E-state index contributed by atoms with van der Waals surface area (Å²) < 4.78 is 4.70. The van der Waals surface area contributed by atoms with Crippen molar-refractivity contribution in [3.8, 4) is 0 Å². The highest BCUT2D eigenvalue weighted by Crippen LogP contribution is 2.13. The highest BCUT2D eigenvalue weighted by molar-refractivity contribution is 6.18. The summed E-state index contributed by atoms with van der Waals surface area (Å²) >= 11 is 5.40. The van der Waals surface area contributed by atoms with Crippen molar-refractivity contribution < 1.29 is 14.6 Å². The van der Waals surface area contributed by atoms with Crippen LogP contribution in [0.5, 0.6) is 0 Å². The number of rotatable bonds is 1. The fourth-order valence-electron chi connectivity index (χ4n) is 0.754. The van der Waals surface area contributed by atoms with E-state index in [0.29, 0.717) is 6.42 Å². The molecular weight excluding hydrogens is 156 g/mol. The Hall–Kier alpha value is -0.700. The minimum atomic E-state index is -0.519. The number of cyclic esters (lactones) is 1. The molecule has 0 fully saturated rings. The molecule has 0 radical (unpaired) electrons. The number of esters is 1. The topological polar surface area (TPSA) is 46.5 Å². The summed E-state index contributed by atoms with van der Waals surface area (Å²) in [6.45, 7) is 0. The summed E-state index contributed by atoms with van der Waals surface area (Å²) in [7, 11) is 0. The first-order chi connectivity index (χ1) is 4.72. The second kappa shape index (κ2) is 2.92. The first-order valence-electron chi connectivity index (χ1n) is 2.88. The molecule has 0 spiro atoms. The Labute approximate surface area is 63.2 Å². The van der Waals surface area contributed by atoms with Crippen molar-refractivity contribution in [2.75, 3.05) is 5.88 Å². The highest BCUT2D eigenvalue weighted by Gasteiger charge is 2.19. The van der Waals surface area contributed by atoms with E-state index in [1.54, 1.807) is 0 Å². The summed E-state index contributed by atoms with van der Waals surface area (Å²) in [5.41, 5.74) is 0. The lowest BCUT2D eigenvalue weighted by molar-refractivity contribution is -0.143. The van der Waals surface area contributed by atoms with E-state index in [4.69, 9.17) is 21.4 Å². The summed E-state index contributed by atoms with van der Waals surface area (Å²) in [5, 5.41) is 8.88. The molecule has 0 unspecified atom stereocenters. The van der Waals surface area contributed by atoms with Crippen molar-refractivity contribution in [2.45, 2.75) is 12.5 Å². The molecule has 0 amide bonds. The van der Waals surface area contributed by atoms with Gasteiger partial charge in [0, 0.05) is 6.42 Å². The van der Waals surface area contributed by atoms with Crippen LogP contribution in [-0.2, 0) is 9.53 Å². The molecule has 0 saturated heterocycles. The van der Waals surface area contributed by atoms with Crippen LogP contribution in [-0.4, -0.2) is 23.1 Å². The molecule has 3 nitrogen and oxygen atoms in total. The lowest BCUT2D eigenvalue weighted by atomic mass is 10.2. The molecular formula is C6H7ClO3. The van der Waals surface area contributed by atoms with E-state index >= 15 is 0 Å². The van der Waals surface area contributed by atoms with Gasteiger partial charge >= 0.3 is 5.97 Å². The van der Waals surface area contributed by atoms with E-state index in [1.807, 2.05) is 0 Å². The second-order valence-electron chi connectivity index (χ2n) is 2.05. The second-order valence-corrected chi connectivity index (χ2v) is 2.36. The average molecular weight is 163 g/mol. The summed E-state index contributed by atoms with van der Waals surface area (Å²) in [6.07, 6.45) is 1.03. The molecule has 4 heteroatoms. The number of hydrogen-bond acceptors (Lipinski definition) is 3. The van der Waals surface area contributed by atoms with Gasteiger partial charge in [0.2, 0.25) is 0 Å². The predicted molar refractivity (Wildman–Crippen MR) is 35.9 cm³/mol. The zero-order chi connectivity index (χ0) is 7.56. The van der Waals surface area contributed by atoms with E-state index in [1.165, 1.54) is 0 Å². The highest BCUT2D eigenvalue weighted by atomic mass is 35.5. The monoisotopic (exact) mass is 162 g/mol. The number of halogens is 1. The number of aliphatic hydroxyl groups excluding tert-OH is 1. The first-order valence-corrected chi connectivity index (χ1v) is 3.42. The largest absolute Gasteiger partial charge is 0.512 e. The van der Waals surface area contributed by atoms with Crippen LogP contribution < -0.4 is 0 Å². The Balaban J connectivity index is 2.60. The van der Waals surface area contributed by atoms with Gasteiger partial charge in [0.25, 0.3) is 0 Å². The molecule has 0 aromatic carbocycles. The van der Waals surface area contributed by atoms with Crippen molar-refractivity contribution in [2.24, 2.45) is 0 Å². The van der Waals surface area contributed by atoms with Crippen LogP contribution in [0.15, 0.2) is 11.8 Å². The van der Waals surface area contributed by atoms with Crippen LogP contribution in [0.25, 0.3) is 0 Å². The molecule has 0 aromatic heterocycles. The number of hydrogen-bond donors (Lipinski definition) is 1. The Bertz CT molecular complexity index is 176. The molecule has 1 N–H and O–H groups in total. The number of carbonyl (C=O) groups excluding carboxylic acids is 1. The van der Waals surface area contributed by atoms with Crippen LogP contribution in [0.3, 0.4) is 0 Å². The first kappa shape index (κ1) is 7.41. The quantitative estimate of drug-likeness (QED) is 0.462. The molecule has 0 aromatic rings. The minimum absolute atomic E-state index is 0.0434. The third kappa shape index (κ3) is 1.64. The van der Waals surface area contributed by atoms with E-state index in [9.17, 15) is 4.79 Å². The van der Waals surface area contributed by atoms with Crippen LogP contribution in [0.2, 0.25) is 0 Å². The van der Waals surface area contributed by atoms with Crippen molar-refractivity contribution in [1.29, 1.82) is 0 Å². The van der Waals surface area contributed by atoms with Gasteiger partial charge < -0.3 is 9.84 Å². The van der Waals surface area contributed by atoms with Gasteiger partial charge in [-0.25, -0.2) is 4.79 Å². The standard InChI is InChI=1S/C6H7ClO3/c7-3-5-1-4(8)2-6(9)10-5/h2,5,8H,1,3H2/t5-/m0/s1. The van der Waals surface area contributed by atoms with Gasteiger partial charge in [-0.3, -0.25) is 0 Å². The fourth-order valence-corrected chi connectivity index (χ4v) is 0.926. The number of ether oxygens (including phenoxy) is 1. The molecule has 0 aliphatic carbocycles. The molecule has 1 aliphatic heterocycles. The lowest BCUT2D eigenvalue weighted by Crippen LogP contribution is -2.23. The van der Waals surface area contributed by atoms with Crippen molar-refractivity contribution in [3.05, 3.63) is 11.8 Å². The van der Waals surface area contributed by atoms with Gasteiger partial charge in [-0.1, -0.05) is 0 Å². The Morgan fingerprint density at radius 3 is 3.10 bits per heavy atom. The molecule has 0 bridgehead atoms. The van der Waals surface area contributed by atoms with Gasteiger partial charge in [-0.15, -0.1) is 11.6 Å². The SMILES string of the molecule is O=C1C=C(O)C[C@@H](CCl)O1. The summed E-state index contributed by atoms with van der Waals surface area (Å²) in [5.74, 6) is -0.250. The van der Waals surface area contributed by atoms with E-state index in [-0.39, 0.29) is 17.7 Å². The molecule has 1 heterocycles. The molecule has 1 atom stereocenters. The number of alkyl halides is 1. The normalized spacial score (nSPS) is 25.5. The van der Waals surface area contributed by atoms with Crippen molar-refractivity contribution >= 4 is 17.6 Å². The van der Waals surface area contributed by atoms with Gasteiger partial charge in [0.05, 0.1) is 12.0 Å². The van der Waals surface area contributed by atoms with Crippen LogP contribution >= 0.6 is 11.6 Å². The van der Waals surface area contributed by atoms with E-state index < -0.39 is 5.97 Å². The van der Waals surface area contributed by atoms with Gasteiger partial charge in [0.15, 0.2) is 0 Å². The fraction of sp³-hybridized carbons (Fsp3) is 0.500. The zero-order valence-corrected chi connectivity index (χ0v) is 5.97. The average Bonchev–Trinajstić information content (AvgIpc) is 1.85. The molecule has 10 heavy (non-hydrogen) atoms. The number of aliphatic hydroxyl groups is 1. The van der Waals surface area contributed by atoms with Gasteiger partial charge in [-0.2, -0.15) is 0 Å². The Morgan fingerprint density at radius 2 is 2.60 bits per heavy atom. The van der Waals surface area contributed by atoms with Crippen LogP contribution in [0.4, 0.5) is 0 Å². The maximum absolute atomic E-state index is 10.5. The molecule has 56 valence electrons. The molecule has 1 rings (SSSR count). The predicted octanol–water partition coefficient (Wildman–Crippen LogP) is 0.983. The molecule has 0 saturated carbocycles. The van der Waals surface area contributed by atoms with Crippen LogP contribution in [0.1, 0.15) is 6.42 Å². The van der Waals surface area contributed by atoms with E-state index in [2.05, 4.69) is 0 Å². The Morgan fingerprint density at radius 1 is 1.90 bits per heavy atom. The zero-order valence-electron chi connectivity index (χ0n) is 5.21. The van der Waals surface area contributed by atoms with Crippen molar-refractivity contribution in [1.82, 2.24) is 0 Å². The maximum Gasteiger partial charge on any atom is 0.334 e. The van der Waals surface area contributed by atoms with Crippen molar-refractivity contribution in [3.63, 3.8) is 0 Å². The smallest absolute Gasteiger partial charge is 0.334 e. The summed E-state index contributed by atoms with van der Waals surface area (Å²) in [6, 6.07) is 0. The Kier molecular flexibility index (Phi) is 2.17. The third-order valence-corrected chi connectivity index (χ3v) is 1.52. The van der Waals surface area contributed by atoms with Gasteiger partial charge in [0.1, 0.15) is 11.9 Å². The van der Waals surface area contributed by atoms with Crippen LogP contribution in [0, 0.1) is 0 Å². The molecule has 1 aliphatic rings.